The molecule has 0 atom stereocenters. The van der Waals surface area contributed by atoms with Crippen molar-refractivity contribution < 1.29 is 40.2 Å². The van der Waals surface area contributed by atoms with Gasteiger partial charge in [0.2, 0.25) is 0 Å². The summed E-state index contributed by atoms with van der Waals surface area (Å²) < 4.78 is 0. The zero-order valence-electron chi connectivity index (χ0n) is 35.1. The molecular weight excluding hydrogens is 1140 g/mol. The van der Waals surface area contributed by atoms with Gasteiger partial charge in [-0.2, -0.15) is 0 Å². The van der Waals surface area contributed by atoms with Crippen LogP contribution in [-0.4, -0.2) is 29.9 Å². The number of hydrogen-bond acceptors (Lipinski definition) is 6. The number of pyridine rings is 2. The molecule has 0 fully saturated rings. The van der Waals surface area contributed by atoms with Crippen molar-refractivity contribution in [3.8, 4) is 67.5 Å². The molecule has 6 aromatic carbocycles. The molecule has 4 aromatic heterocycles. The van der Waals surface area contributed by atoms with Crippen LogP contribution in [0.1, 0.15) is 11.1 Å². The molecule has 0 unspecified atom stereocenters. The van der Waals surface area contributed by atoms with Crippen LogP contribution in [0.2, 0.25) is 0 Å². The maximum absolute atomic E-state index is 4.47. The Morgan fingerprint density at radius 3 is 1.28 bits per heavy atom. The van der Waals surface area contributed by atoms with E-state index in [9.17, 15) is 0 Å². The van der Waals surface area contributed by atoms with Crippen molar-refractivity contribution in [3.63, 3.8) is 0 Å². The first-order valence-electron chi connectivity index (χ1n) is 20.1. The van der Waals surface area contributed by atoms with E-state index < -0.39 is 0 Å². The van der Waals surface area contributed by atoms with Gasteiger partial charge in [0, 0.05) is 58.2 Å². The van der Waals surface area contributed by atoms with Crippen molar-refractivity contribution >= 4 is 0 Å². The topological polar surface area (TPSA) is 77.3 Å². The molecule has 318 valence electrons. The minimum Gasteiger partial charge on any atom is -0.305 e. The molecule has 0 saturated carbocycles. The molecule has 8 heteroatoms. The van der Waals surface area contributed by atoms with Crippen LogP contribution < -0.4 is 0 Å². The number of benzene rings is 6. The van der Waals surface area contributed by atoms with Crippen LogP contribution in [0.3, 0.4) is 0 Å². The van der Waals surface area contributed by atoms with Crippen LogP contribution in [0.5, 0.6) is 0 Å². The largest absolute Gasteiger partial charge is 0.305 e. The first-order valence-corrected chi connectivity index (χ1v) is 20.1. The average Bonchev–Trinajstić information content (AvgIpc) is 3.37. The Bertz CT molecular complexity index is 2630. The normalized spacial score (nSPS) is 9.78. The third-order valence-corrected chi connectivity index (χ3v) is 9.47. The molecule has 0 aliphatic carbocycles. The van der Waals surface area contributed by atoms with Gasteiger partial charge >= 0.3 is 0 Å². The third-order valence-electron chi connectivity index (χ3n) is 9.47. The molecule has 2 radical (unpaired) electrons. The van der Waals surface area contributed by atoms with Crippen molar-refractivity contribution in [2.24, 2.45) is 0 Å². The van der Waals surface area contributed by atoms with Crippen molar-refractivity contribution in [1.82, 2.24) is 29.9 Å². The van der Waals surface area contributed by atoms with Crippen LogP contribution in [0, 0.1) is 38.1 Å². The van der Waals surface area contributed by atoms with E-state index in [1.54, 1.807) is 25.0 Å². The fourth-order valence-corrected chi connectivity index (χ4v) is 6.35. The fraction of sp³-hybridized carbons (Fsp3) is 0.0357. The van der Waals surface area contributed by atoms with Crippen LogP contribution in [0.4, 0.5) is 0 Å². The van der Waals surface area contributed by atoms with Crippen LogP contribution >= 0.6 is 0 Å². The van der Waals surface area contributed by atoms with Crippen molar-refractivity contribution in [2.45, 2.75) is 13.8 Å². The maximum atomic E-state index is 4.47. The van der Waals surface area contributed by atoms with Crippen molar-refractivity contribution in [3.05, 3.63) is 255 Å². The molecule has 0 aliphatic rings. The van der Waals surface area contributed by atoms with Gasteiger partial charge in [-0.3, -0.25) is 9.97 Å². The molecule has 64 heavy (non-hydrogen) atoms. The van der Waals surface area contributed by atoms with Crippen LogP contribution in [0.15, 0.2) is 219 Å². The van der Waals surface area contributed by atoms with Gasteiger partial charge in [-0.15, -0.1) is 144 Å². The predicted molar refractivity (Wildman–Crippen MR) is 250 cm³/mol. The van der Waals surface area contributed by atoms with Crippen molar-refractivity contribution in [1.29, 1.82) is 0 Å². The summed E-state index contributed by atoms with van der Waals surface area (Å²) >= 11 is 0. The minimum absolute atomic E-state index is 0. The quantitative estimate of drug-likeness (QED) is 0.154. The summed E-state index contributed by atoms with van der Waals surface area (Å²) in [5.41, 5.74) is 14.3. The number of nitrogens with zero attached hydrogens (tertiary/aromatic N) is 6. The SMILES string of the molecule is Cc1ccccc1-c1ncnc(-c2[c-]cccc2)c1C.[Ir].[Ir].[c-]1ccccc1-c1cc(-c2ccccc2)ncn1.[c-]1ccccc1-c1ccccn1.[c-]1ccccc1-c1ccccn1. The maximum Gasteiger partial charge on any atom is 0.106 e. The van der Waals surface area contributed by atoms with Gasteiger partial charge in [-0.05, 0) is 65.4 Å². The van der Waals surface area contributed by atoms with Gasteiger partial charge < -0.3 is 9.97 Å². The summed E-state index contributed by atoms with van der Waals surface area (Å²) in [6.45, 7) is 4.17. The van der Waals surface area contributed by atoms with Gasteiger partial charge in [0.05, 0.1) is 11.4 Å². The smallest absolute Gasteiger partial charge is 0.106 e. The Morgan fingerprint density at radius 2 is 0.781 bits per heavy atom. The van der Waals surface area contributed by atoms with E-state index in [1.807, 2.05) is 182 Å². The Balaban J connectivity index is 0.000000163. The third kappa shape index (κ3) is 13.8. The second-order valence-corrected chi connectivity index (χ2v) is 13.7. The number of hydrogen-bond donors (Lipinski definition) is 0. The van der Waals surface area contributed by atoms with Crippen LogP contribution in [0.25, 0.3) is 67.5 Å². The second kappa shape index (κ2) is 25.9. The first-order chi connectivity index (χ1) is 30.6. The molecule has 0 amide bonds. The minimum atomic E-state index is 0. The van der Waals surface area contributed by atoms with E-state index in [-0.39, 0.29) is 40.2 Å². The Labute approximate surface area is 403 Å². The summed E-state index contributed by atoms with van der Waals surface area (Å²) in [6.07, 6.45) is 6.80. The van der Waals surface area contributed by atoms with E-state index in [0.29, 0.717) is 0 Å². The Kier molecular flexibility index (Phi) is 19.5. The van der Waals surface area contributed by atoms with Gasteiger partial charge in [-0.25, -0.2) is 9.97 Å². The summed E-state index contributed by atoms with van der Waals surface area (Å²) in [7, 11) is 0. The van der Waals surface area contributed by atoms with E-state index in [4.69, 9.17) is 0 Å². The van der Waals surface area contributed by atoms with Gasteiger partial charge in [0.25, 0.3) is 0 Å². The molecule has 10 rings (SSSR count). The molecular formula is C56H42Ir2N6-4. The van der Waals surface area contributed by atoms with E-state index in [0.717, 1.165) is 73.1 Å². The summed E-state index contributed by atoms with van der Waals surface area (Å²) in [5.74, 6) is 0. The van der Waals surface area contributed by atoms with E-state index in [2.05, 4.69) is 80.1 Å². The number of rotatable bonds is 6. The zero-order chi connectivity index (χ0) is 42.6. The van der Waals surface area contributed by atoms with Gasteiger partial charge in [0.15, 0.2) is 0 Å². The predicted octanol–water partition coefficient (Wildman–Crippen LogP) is 12.9. The standard InChI is InChI=1S/C18H15N2.C16H11N2.2C11H8N.2Ir/c1-13-8-6-7-11-16(13)18-14(2)17(19-12-20-18)15-9-4-3-5-10-15;1-3-7-13(8-4-1)15-11-16(18-12-17-15)14-9-5-2-6-10-14;2*1-2-6-10(7-3-1)11-8-4-5-9-12-11;;/h3-9,11-12H,1-2H3;1-9,11-12H;2*1-6,8-9H;;/q4*-1;;. The van der Waals surface area contributed by atoms with Gasteiger partial charge in [-0.1, -0.05) is 84.9 Å². The van der Waals surface area contributed by atoms with E-state index >= 15 is 0 Å². The first kappa shape index (κ1) is 48.1. The molecule has 0 spiro atoms. The second-order valence-electron chi connectivity index (χ2n) is 13.7. The molecule has 10 aromatic rings. The Morgan fingerprint density at radius 1 is 0.344 bits per heavy atom. The summed E-state index contributed by atoms with van der Waals surface area (Å²) in [6, 6.07) is 76.1. The van der Waals surface area contributed by atoms with Gasteiger partial charge in [0.1, 0.15) is 12.7 Å². The molecule has 6 nitrogen and oxygen atoms in total. The van der Waals surface area contributed by atoms with Crippen molar-refractivity contribution in [2.75, 3.05) is 0 Å². The zero-order valence-corrected chi connectivity index (χ0v) is 39.9. The summed E-state index contributed by atoms with van der Waals surface area (Å²) in [5, 5.41) is 0. The Hall–Kier alpha value is -6.92. The number of aromatic nitrogens is 6. The van der Waals surface area contributed by atoms with Crippen LogP contribution in [-0.2, 0) is 40.2 Å². The van der Waals surface area contributed by atoms with E-state index in [1.165, 1.54) is 5.56 Å². The molecule has 0 saturated heterocycles. The molecule has 0 N–H and O–H groups in total. The molecule has 4 heterocycles. The fourth-order valence-electron chi connectivity index (χ4n) is 6.35. The average molecular weight is 1180 g/mol. The molecule has 0 aliphatic heterocycles. The number of aryl methyl sites for hydroxylation is 1. The summed E-state index contributed by atoms with van der Waals surface area (Å²) in [4.78, 5) is 25.9. The monoisotopic (exact) mass is 1180 g/mol. The molecule has 0 bridgehead atoms.